The minimum absolute atomic E-state index is 0.0654. The summed E-state index contributed by atoms with van der Waals surface area (Å²) >= 11 is 0. The van der Waals surface area contributed by atoms with Crippen LogP contribution in [-0.2, 0) is 17.8 Å². The molecule has 34 heavy (non-hydrogen) atoms. The number of aliphatic carboxylic acids is 1. The van der Waals surface area contributed by atoms with Crippen LogP contribution in [0.3, 0.4) is 0 Å². The van der Waals surface area contributed by atoms with Crippen LogP contribution in [-0.4, -0.2) is 41.0 Å². The number of aryl methyl sites for hydroxylation is 2. The van der Waals surface area contributed by atoms with E-state index in [4.69, 9.17) is 23.7 Å². The van der Waals surface area contributed by atoms with Gasteiger partial charge >= 0.3 is 5.97 Å². The Bertz CT molecular complexity index is 1290. The Balaban J connectivity index is 1.31. The SMILES string of the molecule is CCc1coc(-c2ccc(OCCCOc3ccc4c(c3)c(C)cn4CC(=O)O)c(OC)c2)n1. The summed E-state index contributed by atoms with van der Waals surface area (Å²) in [7, 11) is 1.60. The van der Waals surface area contributed by atoms with Crippen molar-refractivity contribution in [2.45, 2.75) is 33.2 Å². The monoisotopic (exact) mass is 464 g/mol. The highest BCUT2D eigenvalue weighted by Crippen LogP contribution is 2.32. The molecule has 0 unspecified atom stereocenters. The van der Waals surface area contributed by atoms with E-state index in [2.05, 4.69) is 4.98 Å². The van der Waals surface area contributed by atoms with E-state index in [0.29, 0.717) is 37.0 Å². The van der Waals surface area contributed by atoms with Crippen LogP contribution in [0.25, 0.3) is 22.4 Å². The third-order valence-corrected chi connectivity index (χ3v) is 5.50. The van der Waals surface area contributed by atoms with Crippen LogP contribution in [0.5, 0.6) is 17.2 Å². The van der Waals surface area contributed by atoms with Gasteiger partial charge in [0.15, 0.2) is 11.5 Å². The number of nitrogens with zero attached hydrogens (tertiary/aromatic N) is 2. The number of methoxy groups -OCH3 is 1. The van der Waals surface area contributed by atoms with Crippen LogP contribution >= 0.6 is 0 Å². The van der Waals surface area contributed by atoms with E-state index in [0.717, 1.165) is 39.9 Å². The van der Waals surface area contributed by atoms with Gasteiger partial charge in [-0.1, -0.05) is 6.92 Å². The molecule has 8 nitrogen and oxygen atoms in total. The molecule has 4 rings (SSSR count). The molecular weight excluding hydrogens is 436 g/mol. The molecule has 0 amide bonds. The largest absolute Gasteiger partial charge is 0.493 e. The summed E-state index contributed by atoms with van der Waals surface area (Å²) in [5.41, 5.74) is 3.62. The molecule has 178 valence electrons. The van der Waals surface area contributed by atoms with Crippen LogP contribution in [0.15, 0.2) is 53.3 Å². The minimum Gasteiger partial charge on any atom is -0.493 e. The van der Waals surface area contributed by atoms with Gasteiger partial charge in [-0.05, 0) is 55.3 Å². The molecule has 0 bridgehead atoms. The number of carboxylic acids is 1. The van der Waals surface area contributed by atoms with Crippen molar-refractivity contribution in [1.29, 1.82) is 0 Å². The summed E-state index contributed by atoms with van der Waals surface area (Å²) in [6.45, 7) is 4.87. The molecule has 0 aliphatic rings. The van der Waals surface area contributed by atoms with Gasteiger partial charge in [-0.15, -0.1) is 0 Å². The Labute approximate surface area is 197 Å². The van der Waals surface area contributed by atoms with Gasteiger partial charge in [0.25, 0.3) is 0 Å². The van der Waals surface area contributed by atoms with Gasteiger partial charge in [0, 0.05) is 29.1 Å². The Morgan fingerprint density at radius 2 is 1.94 bits per heavy atom. The molecule has 0 radical (unpaired) electrons. The normalized spacial score (nSPS) is 11.0. The van der Waals surface area contributed by atoms with Crippen molar-refractivity contribution in [3.63, 3.8) is 0 Å². The second-order valence-corrected chi connectivity index (χ2v) is 7.93. The van der Waals surface area contributed by atoms with E-state index < -0.39 is 5.97 Å². The van der Waals surface area contributed by atoms with E-state index in [1.54, 1.807) is 17.9 Å². The van der Waals surface area contributed by atoms with Crippen molar-refractivity contribution >= 4 is 16.9 Å². The van der Waals surface area contributed by atoms with Crippen molar-refractivity contribution < 1.29 is 28.5 Å². The molecule has 0 saturated carbocycles. The summed E-state index contributed by atoms with van der Waals surface area (Å²) in [6, 6.07) is 11.3. The van der Waals surface area contributed by atoms with E-state index in [1.807, 2.05) is 56.4 Å². The lowest BCUT2D eigenvalue weighted by atomic mass is 10.2. The number of carboxylic acid groups (broad SMARTS) is 1. The van der Waals surface area contributed by atoms with E-state index in [1.165, 1.54) is 0 Å². The fourth-order valence-corrected chi connectivity index (χ4v) is 3.77. The van der Waals surface area contributed by atoms with Crippen molar-refractivity contribution in [2.75, 3.05) is 20.3 Å². The lowest BCUT2D eigenvalue weighted by Gasteiger charge is -2.12. The van der Waals surface area contributed by atoms with Gasteiger partial charge in [0.1, 0.15) is 18.6 Å². The molecule has 4 aromatic rings. The molecule has 2 heterocycles. The number of fused-ring (bicyclic) bond motifs is 1. The maximum absolute atomic E-state index is 11.1. The maximum Gasteiger partial charge on any atom is 0.323 e. The van der Waals surface area contributed by atoms with Gasteiger partial charge in [0.05, 0.1) is 26.0 Å². The molecular formula is C26H28N2O6. The zero-order valence-corrected chi connectivity index (χ0v) is 19.5. The quantitative estimate of drug-likeness (QED) is 0.308. The average molecular weight is 465 g/mol. The second kappa shape index (κ2) is 10.3. The lowest BCUT2D eigenvalue weighted by Crippen LogP contribution is -2.07. The van der Waals surface area contributed by atoms with Crippen LogP contribution in [0.1, 0.15) is 24.6 Å². The molecule has 8 heteroatoms. The standard InChI is InChI=1S/C26H28N2O6/c1-4-19-16-34-26(27-19)18-6-9-23(24(12-18)31-3)33-11-5-10-32-20-7-8-22-21(13-20)17(2)14-28(22)15-25(29)30/h6-9,12-14,16H,4-5,10-11,15H2,1-3H3,(H,29,30). The maximum atomic E-state index is 11.1. The Kier molecular flexibility index (Phi) is 7.06. The van der Waals surface area contributed by atoms with Crippen LogP contribution in [0.4, 0.5) is 0 Å². The highest BCUT2D eigenvalue weighted by molar-refractivity contribution is 5.86. The van der Waals surface area contributed by atoms with E-state index in [-0.39, 0.29) is 6.54 Å². The van der Waals surface area contributed by atoms with Crippen molar-refractivity contribution in [3.8, 4) is 28.7 Å². The number of benzene rings is 2. The number of oxazole rings is 1. The van der Waals surface area contributed by atoms with Gasteiger partial charge in [-0.3, -0.25) is 4.79 Å². The highest BCUT2D eigenvalue weighted by atomic mass is 16.5. The molecule has 0 aliphatic heterocycles. The average Bonchev–Trinajstić information content (AvgIpc) is 3.43. The van der Waals surface area contributed by atoms with Crippen LogP contribution in [0, 0.1) is 6.92 Å². The number of aromatic nitrogens is 2. The first-order valence-electron chi connectivity index (χ1n) is 11.2. The summed E-state index contributed by atoms with van der Waals surface area (Å²) in [5, 5.41) is 10.1. The second-order valence-electron chi connectivity index (χ2n) is 7.93. The smallest absolute Gasteiger partial charge is 0.323 e. The number of hydrogen-bond donors (Lipinski definition) is 1. The zero-order chi connectivity index (χ0) is 24.1. The molecule has 0 fully saturated rings. The third kappa shape index (κ3) is 5.17. The topological polar surface area (TPSA) is 96.0 Å². The highest BCUT2D eigenvalue weighted by Gasteiger charge is 2.12. The van der Waals surface area contributed by atoms with Gasteiger partial charge in [-0.2, -0.15) is 0 Å². The summed E-state index contributed by atoms with van der Waals surface area (Å²) < 4.78 is 24.5. The van der Waals surface area contributed by atoms with Gasteiger partial charge in [0.2, 0.25) is 5.89 Å². The first kappa shape index (κ1) is 23.2. The van der Waals surface area contributed by atoms with Crippen molar-refractivity contribution in [1.82, 2.24) is 9.55 Å². The minimum atomic E-state index is -0.869. The number of rotatable bonds is 11. The molecule has 1 N–H and O–H groups in total. The van der Waals surface area contributed by atoms with Crippen molar-refractivity contribution in [3.05, 3.63) is 60.1 Å². The number of hydrogen-bond acceptors (Lipinski definition) is 6. The Hall–Kier alpha value is -3.94. The first-order valence-corrected chi connectivity index (χ1v) is 11.2. The summed E-state index contributed by atoms with van der Waals surface area (Å²) in [4.78, 5) is 15.5. The summed E-state index contributed by atoms with van der Waals surface area (Å²) in [6.07, 6.45) is 5.01. The van der Waals surface area contributed by atoms with Gasteiger partial charge in [-0.25, -0.2) is 4.98 Å². The summed E-state index contributed by atoms with van der Waals surface area (Å²) in [5.74, 6) is 1.68. The van der Waals surface area contributed by atoms with Crippen molar-refractivity contribution in [2.24, 2.45) is 0 Å². The molecule has 0 saturated heterocycles. The van der Waals surface area contributed by atoms with E-state index >= 15 is 0 Å². The predicted octanol–water partition coefficient (Wildman–Crippen LogP) is 5.11. The fourth-order valence-electron chi connectivity index (χ4n) is 3.77. The molecule has 0 aliphatic carbocycles. The lowest BCUT2D eigenvalue weighted by molar-refractivity contribution is -0.137. The van der Waals surface area contributed by atoms with Crippen LogP contribution in [0.2, 0.25) is 0 Å². The third-order valence-electron chi connectivity index (χ3n) is 5.50. The molecule has 0 spiro atoms. The predicted molar refractivity (Wildman–Crippen MR) is 128 cm³/mol. The molecule has 0 atom stereocenters. The van der Waals surface area contributed by atoms with E-state index in [9.17, 15) is 4.79 Å². The molecule has 2 aromatic heterocycles. The van der Waals surface area contributed by atoms with Gasteiger partial charge < -0.3 is 28.3 Å². The number of ether oxygens (including phenoxy) is 3. The first-order chi connectivity index (χ1) is 16.5. The molecule has 2 aromatic carbocycles. The Morgan fingerprint density at radius 3 is 2.68 bits per heavy atom. The van der Waals surface area contributed by atoms with Crippen LogP contribution < -0.4 is 14.2 Å². The Morgan fingerprint density at radius 1 is 1.12 bits per heavy atom. The zero-order valence-electron chi connectivity index (χ0n) is 19.5. The fraction of sp³-hybridized carbons (Fsp3) is 0.308. The number of carbonyl (C=O) groups is 1.